The van der Waals surface area contributed by atoms with Crippen LogP contribution in [-0.2, 0) is 5.41 Å². The molecule has 0 N–H and O–H groups in total. The summed E-state index contributed by atoms with van der Waals surface area (Å²) in [5, 5.41) is 17.4. The zero-order valence-electron chi connectivity index (χ0n) is 66.7. The van der Waals surface area contributed by atoms with Gasteiger partial charge in [0, 0.05) is 71.3 Å². The van der Waals surface area contributed by atoms with Crippen LogP contribution in [0, 0.1) is 0 Å². The minimum Gasteiger partial charge on any atom is -0.309 e. The molecule has 564 valence electrons. The van der Waals surface area contributed by atoms with Crippen molar-refractivity contribution in [3.63, 3.8) is 0 Å². The van der Waals surface area contributed by atoms with Crippen molar-refractivity contribution >= 4 is 120 Å². The third-order valence-corrected chi connectivity index (χ3v) is 26.5. The summed E-state index contributed by atoms with van der Waals surface area (Å²) in [6.07, 6.45) is 0. The van der Waals surface area contributed by atoms with Crippen LogP contribution in [0.5, 0.6) is 0 Å². The molecular weight excluding hydrogens is 1460 g/mol. The van der Waals surface area contributed by atoms with Crippen LogP contribution in [0.1, 0.15) is 25.0 Å². The van der Waals surface area contributed by atoms with Gasteiger partial charge in [0.1, 0.15) is 0 Å². The van der Waals surface area contributed by atoms with E-state index in [1.54, 1.807) is 0 Å². The van der Waals surface area contributed by atoms with E-state index in [2.05, 4.69) is 457 Å². The van der Waals surface area contributed by atoms with E-state index < -0.39 is 0 Å². The predicted octanol–water partition coefficient (Wildman–Crippen LogP) is 31.5. The summed E-state index contributed by atoms with van der Waals surface area (Å²) in [4.78, 5) is 0. The zero-order valence-corrected chi connectivity index (χ0v) is 66.7. The number of nitrogens with zero attached hydrogens (tertiary/aromatic N) is 4. The van der Waals surface area contributed by atoms with E-state index in [-0.39, 0.29) is 5.41 Å². The van der Waals surface area contributed by atoms with Gasteiger partial charge in [0.05, 0.1) is 44.1 Å². The van der Waals surface area contributed by atoms with Crippen molar-refractivity contribution in [2.75, 3.05) is 0 Å². The first-order valence-electron chi connectivity index (χ1n) is 42.1. The van der Waals surface area contributed by atoms with Gasteiger partial charge in [-0.15, -0.1) is 0 Å². The molecule has 0 saturated heterocycles. The maximum Gasteiger partial charge on any atom is 0.0541 e. The fraction of sp³-hybridized carbons (Fsp3) is 0.0256. The summed E-state index contributed by atoms with van der Waals surface area (Å²) < 4.78 is 9.84. The predicted molar refractivity (Wildman–Crippen MR) is 512 cm³/mol. The second-order valence-electron chi connectivity index (χ2n) is 33.5. The standard InChI is InChI=1S/C117H76N4/c1-117(2)107-37-14-10-33-96(107)97-57-55-90(72-108(97)117)121-111-40-17-13-36-100(111)104-67-84(52-60-114(104)121)83-50-58-112-102(66-83)98-34-11-15-38-109(98)119(112)88-28-20-26-81(65-88)77-47-45-75(46-48-77)78-23-18-24-79(63-78)82-49-61-115-105(69-82)106-70-86(53-62-116(106)120(115)89-54-56-95-93-31-7-6-29-91(93)92-30-8-9-32-94(92)101(95)71-89)85-51-59-113-103(68-85)99-35-12-16-39-110(99)118(113)87-27-19-25-80(64-87)76-43-41-74(42-44-76)73-21-4-3-5-22-73/h3-72H,1-2H3. The van der Waals surface area contributed by atoms with Gasteiger partial charge in [-0.1, -0.05) is 305 Å². The average molecular weight is 1540 g/mol. The summed E-state index contributed by atoms with van der Waals surface area (Å²) in [6, 6.07) is 159. The summed E-state index contributed by atoms with van der Waals surface area (Å²) in [7, 11) is 0. The van der Waals surface area contributed by atoms with Crippen LogP contribution in [0.4, 0.5) is 0 Å². The Morgan fingerprint density at radius 1 is 0.140 bits per heavy atom. The van der Waals surface area contributed by atoms with Crippen molar-refractivity contribution in [3.8, 4) is 112 Å². The van der Waals surface area contributed by atoms with E-state index in [4.69, 9.17) is 0 Å². The first-order chi connectivity index (χ1) is 59.7. The molecule has 25 rings (SSSR count). The number of rotatable bonds is 11. The van der Waals surface area contributed by atoms with Gasteiger partial charge in [-0.3, -0.25) is 0 Å². The molecule has 1 aliphatic carbocycles. The monoisotopic (exact) mass is 1540 g/mol. The molecule has 4 nitrogen and oxygen atoms in total. The topological polar surface area (TPSA) is 19.7 Å². The number of aromatic nitrogens is 4. The van der Waals surface area contributed by atoms with Crippen LogP contribution in [0.15, 0.2) is 425 Å². The van der Waals surface area contributed by atoms with Gasteiger partial charge >= 0.3 is 0 Å². The summed E-state index contributed by atoms with van der Waals surface area (Å²) in [5.41, 5.74) is 35.8. The highest BCUT2D eigenvalue weighted by Crippen LogP contribution is 2.51. The highest BCUT2D eigenvalue weighted by Gasteiger charge is 2.36. The molecule has 0 atom stereocenters. The Balaban J connectivity index is 0.548. The highest BCUT2D eigenvalue weighted by molar-refractivity contribution is 6.26. The van der Waals surface area contributed by atoms with Gasteiger partial charge in [-0.25, -0.2) is 0 Å². The molecule has 1 aliphatic rings. The van der Waals surface area contributed by atoms with Crippen LogP contribution in [-0.4, -0.2) is 18.3 Å². The van der Waals surface area contributed by atoms with Crippen LogP contribution in [0.3, 0.4) is 0 Å². The molecule has 0 amide bonds. The van der Waals surface area contributed by atoms with Gasteiger partial charge in [-0.2, -0.15) is 0 Å². The zero-order chi connectivity index (χ0) is 79.7. The Hall–Kier alpha value is -15.6. The van der Waals surface area contributed by atoms with E-state index in [1.807, 2.05) is 0 Å². The first kappa shape index (κ1) is 68.6. The molecule has 4 heterocycles. The molecule has 0 aliphatic heterocycles. The normalized spacial score (nSPS) is 12.6. The lowest BCUT2D eigenvalue weighted by Gasteiger charge is -2.22. The third-order valence-electron chi connectivity index (χ3n) is 26.5. The fourth-order valence-electron chi connectivity index (χ4n) is 20.7. The minimum atomic E-state index is -0.0952. The van der Waals surface area contributed by atoms with Gasteiger partial charge in [0.15, 0.2) is 0 Å². The molecular formula is C117H76N4. The van der Waals surface area contributed by atoms with Crippen molar-refractivity contribution in [2.24, 2.45) is 0 Å². The second kappa shape index (κ2) is 26.7. The van der Waals surface area contributed by atoms with E-state index in [9.17, 15) is 0 Å². The number of hydrogen-bond acceptors (Lipinski definition) is 0. The van der Waals surface area contributed by atoms with E-state index in [0.29, 0.717) is 0 Å². The minimum absolute atomic E-state index is 0.0952. The maximum atomic E-state index is 2.49. The van der Waals surface area contributed by atoms with Crippen LogP contribution < -0.4 is 0 Å². The smallest absolute Gasteiger partial charge is 0.0541 e. The third kappa shape index (κ3) is 10.7. The van der Waals surface area contributed by atoms with Gasteiger partial charge in [0.25, 0.3) is 0 Å². The number of fused-ring (bicyclic) bond motifs is 21. The first-order valence-corrected chi connectivity index (χ1v) is 42.1. The molecule has 24 aromatic rings. The molecule has 0 radical (unpaired) electrons. The number of benzene rings is 20. The molecule has 0 fully saturated rings. The molecule has 0 unspecified atom stereocenters. The van der Waals surface area contributed by atoms with Crippen molar-refractivity contribution < 1.29 is 0 Å². The molecule has 121 heavy (non-hydrogen) atoms. The van der Waals surface area contributed by atoms with Crippen LogP contribution >= 0.6 is 0 Å². The average Bonchev–Trinajstić information content (AvgIpc) is 1.69. The Morgan fingerprint density at radius 3 is 0.843 bits per heavy atom. The Kier molecular flexibility index (Phi) is 15.1. The number of para-hydroxylation sites is 3. The summed E-state index contributed by atoms with van der Waals surface area (Å²) in [5.74, 6) is 0. The van der Waals surface area contributed by atoms with Gasteiger partial charge in [0.2, 0.25) is 0 Å². The second-order valence-corrected chi connectivity index (χ2v) is 33.5. The molecule has 4 aromatic heterocycles. The largest absolute Gasteiger partial charge is 0.309 e. The van der Waals surface area contributed by atoms with E-state index >= 15 is 0 Å². The lowest BCUT2D eigenvalue weighted by Crippen LogP contribution is -2.15. The van der Waals surface area contributed by atoms with Crippen LogP contribution in [0.25, 0.3) is 231 Å². The Bertz CT molecular complexity index is 8430. The Morgan fingerprint density at radius 2 is 0.405 bits per heavy atom. The van der Waals surface area contributed by atoms with E-state index in [0.717, 1.165) is 55.9 Å². The van der Waals surface area contributed by atoms with Crippen LogP contribution in [0.2, 0.25) is 0 Å². The molecule has 0 saturated carbocycles. The lowest BCUT2D eigenvalue weighted by atomic mass is 9.82. The summed E-state index contributed by atoms with van der Waals surface area (Å²) in [6.45, 7) is 4.73. The highest BCUT2D eigenvalue weighted by atomic mass is 15.0. The molecule has 0 bridgehead atoms. The summed E-state index contributed by atoms with van der Waals surface area (Å²) >= 11 is 0. The van der Waals surface area contributed by atoms with E-state index in [1.165, 1.54) is 187 Å². The van der Waals surface area contributed by atoms with Crippen molar-refractivity contribution in [2.45, 2.75) is 19.3 Å². The SMILES string of the molecule is CC1(C)c2ccccc2-c2ccc(-n3c4ccccc4c4cc(-c5ccc6c(c5)c5ccccc5n6-c5cccc(-c6ccc(-c7cccc(-c8ccc9c(c8)c8cc(-c%10ccc%11c(c%10)c%10ccccc%10n%11-c%10cccc(-c%11ccc(-c%12ccccc%12)cc%11)c%10)ccc8n9-c8ccc9c%10ccccc%10c%10ccccc%10c9c8)c7)cc6)c5)ccc43)cc21. The van der Waals surface area contributed by atoms with Gasteiger partial charge in [-0.05, 0) is 266 Å². The molecule has 4 heteroatoms. The molecule has 20 aromatic carbocycles. The van der Waals surface area contributed by atoms with Crippen molar-refractivity contribution in [1.29, 1.82) is 0 Å². The molecule has 0 spiro atoms. The quantitative estimate of drug-likeness (QED) is 0.115. The Labute approximate surface area is 699 Å². The van der Waals surface area contributed by atoms with Crippen molar-refractivity contribution in [1.82, 2.24) is 18.3 Å². The maximum absolute atomic E-state index is 2.49. The van der Waals surface area contributed by atoms with Crippen molar-refractivity contribution in [3.05, 3.63) is 436 Å². The fourth-order valence-corrected chi connectivity index (χ4v) is 20.7. The van der Waals surface area contributed by atoms with Gasteiger partial charge < -0.3 is 18.3 Å². The lowest BCUT2D eigenvalue weighted by molar-refractivity contribution is 0.660. The number of hydrogen-bond donors (Lipinski definition) is 0.